The first-order chi connectivity index (χ1) is 6.86. The number of methoxy groups -OCH3 is 1. The molecule has 0 aliphatic heterocycles. The van der Waals surface area contributed by atoms with Gasteiger partial charge in [-0.2, -0.15) is 0 Å². The zero-order valence-corrected chi connectivity index (χ0v) is 9.75. The van der Waals surface area contributed by atoms with Gasteiger partial charge in [-0.3, -0.25) is 0 Å². The molecule has 2 N–H and O–H groups in total. The lowest BCUT2D eigenvalue weighted by molar-refractivity contribution is -0.0497. The molecule has 0 bridgehead atoms. The summed E-state index contributed by atoms with van der Waals surface area (Å²) in [5.41, 5.74) is -0.623. The third-order valence-corrected chi connectivity index (χ3v) is 2.47. The molecule has 1 atom stereocenters. The summed E-state index contributed by atoms with van der Waals surface area (Å²) in [6, 6.07) is 4.91. The highest BCUT2D eigenvalue weighted by Crippen LogP contribution is 2.31. The van der Waals surface area contributed by atoms with Crippen LogP contribution in [0.2, 0.25) is 5.02 Å². The van der Waals surface area contributed by atoms with Crippen LogP contribution >= 0.6 is 11.6 Å². The SMILES string of the molecule is COc1cc(C(O)C(C)(C)O)ccc1Cl. The molecule has 15 heavy (non-hydrogen) atoms. The first-order valence-electron chi connectivity index (χ1n) is 4.60. The van der Waals surface area contributed by atoms with Crippen molar-refractivity contribution in [2.75, 3.05) is 7.11 Å². The van der Waals surface area contributed by atoms with Gasteiger partial charge in [-0.25, -0.2) is 0 Å². The molecule has 1 aromatic carbocycles. The van der Waals surface area contributed by atoms with E-state index in [4.69, 9.17) is 16.3 Å². The molecule has 0 radical (unpaired) electrons. The van der Waals surface area contributed by atoms with Crippen molar-refractivity contribution in [2.24, 2.45) is 0 Å². The maximum atomic E-state index is 9.82. The van der Waals surface area contributed by atoms with Crippen LogP contribution in [0.15, 0.2) is 18.2 Å². The van der Waals surface area contributed by atoms with E-state index in [9.17, 15) is 10.2 Å². The van der Waals surface area contributed by atoms with Gasteiger partial charge in [-0.1, -0.05) is 17.7 Å². The maximum absolute atomic E-state index is 9.82. The lowest BCUT2D eigenvalue weighted by Gasteiger charge is -2.25. The minimum Gasteiger partial charge on any atom is -0.495 e. The van der Waals surface area contributed by atoms with E-state index in [0.29, 0.717) is 16.3 Å². The standard InChI is InChI=1S/C11H15ClO3/c1-11(2,14)10(13)7-4-5-8(12)9(6-7)15-3/h4-6,10,13-14H,1-3H3. The second-order valence-electron chi connectivity index (χ2n) is 3.95. The fourth-order valence-electron chi connectivity index (χ4n) is 1.25. The number of hydrogen-bond donors (Lipinski definition) is 2. The third-order valence-electron chi connectivity index (χ3n) is 2.16. The third kappa shape index (κ3) is 2.84. The summed E-state index contributed by atoms with van der Waals surface area (Å²) in [6.07, 6.45) is -0.969. The van der Waals surface area contributed by atoms with E-state index in [1.165, 1.54) is 7.11 Å². The Morgan fingerprint density at radius 1 is 1.40 bits per heavy atom. The van der Waals surface area contributed by atoms with Gasteiger partial charge >= 0.3 is 0 Å². The largest absolute Gasteiger partial charge is 0.495 e. The smallest absolute Gasteiger partial charge is 0.137 e. The number of rotatable bonds is 3. The van der Waals surface area contributed by atoms with Gasteiger partial charge in [0.05, 0.1) is 17.7 Å². The van der Waals surface area contributed by atoms with Crippen LogP contribution < -0.4 is 4.74 Å². The van der Waals surface area contributed by atoms with Crippen LogP contribution in [0.3, 0.4) is 0 Å². The van der Waals surface area contributed by atoms with Crippen LogP contribution in [0, 0.1) is 0 Å². The van der Waals surface area contributed by atoms with E-state index in [1.807, 2.05) is 0 Å². The summed E-state index contributed by atoms with van der Waals surface area (Å²) in [7, 11) is 1.50. The van der Waals surface area contributed by atoms with Crippen LogP contribution in [0.1, 0.15) is 25.5 Å². The van der Waals surface area contributed by atoms with Gasteiger partial charge in [-0.15, -0.1) is 0 Å². The highest BCUT2D eigenvalue weighted by atomic mass is 35.5. The van der Waals surface area contributed by atoms with Crippen LogP contribution in [-0.4, -0.2) is 22.9 Å². The highest BCUT2D eigenvalue weighted by molar-refractivity contribution is 6.32. The summed E-state index contributed by atoms with van der Waals surface area (Å²) in [5, 5.41) is 19.9. The van der Waals surface area contributed by atoms with Crippen molar-refractivity contribution in [2.45, 2.75) is 25.6 Å². The summed E-state index contributed by atoms with van der Waals surface area (Å²) >= 11 is 5.85. The van der Waals surface area contributed by atoms with E-state index in [-0.39, 0.29) is 0 Å². The van der Waals surface area contributed by atoms with E-state index in [0.717, 1.165) is 0 Å². The van der Waals surface area contributed by atoms with Gasteiger partial charge in [0.1, 0.15) is 11.9 Å². The predicted octanol–water partition coefficient (Wildman–Crippen LogP) is 2.15. The van der Waals surface area contributed by atoms with Crippen molar-refractivity contribution >= 4 is 11.6 Å². The van der Waals surface area contributed by atoms with Gasteiger partial charge in [0, 0.05) is 0 Å². The molecule has 1 aromatic rings. The van der Waals surface area contributed by atoms with Crippen molar-refractivity contribution < 1.29 is 14.9 Å². The molecule has 0 aliphatic rings. The molecule has 4 heteroatoms. The predicted molar refractivity (Wildman–Crippen MR) is 59.3 cm³/mol. The average molecular weight is 231 g/mol. The molecule has 1 rings (SSSR count). The second-order valence-corrected chi connectivity index (χ2v) is 4.36. The average Bonchev–Trinajstić information content (AvgIpc) is 2.16. The maximum Gasteiger partial charge on any atom is 0.137 e. The van der Waals surface area contributed by atoms with Crippen molar-refractivity contribution in [3.8, 4) is 5.75 Å². The zero-order valence-electron chi connectivity index (χ0n) is 8.99. The van der Waals surface area contributed by atoms with Crippen LogP contribution in [-0.2, 0) is 0 Å². The summed E-state index contributed by atoms with van der Waals surface area (Å²) < 4.78 is 5.02. The van der Waals surface area contributed by atoms with Crippen LogP contribution in [0.25, 0.3) is 0 Å². The summed E-state index contributed by atoms with van der Waals surface area (Å²) in [6.45, 7) is 3.08. The minimum absolute atomic E-state index is 0.476. The Labute approximate surface area is 94.3 Å². The molecule has 0 amide bonds. The van der Waals surface area contributed by atoms with Crippen molar-refractivity contribution in [1.82, 2.24) is 0 Å². The fraction of sp³-hybridized carbons (Fsp3) is 0.455. The molecule has 0 fully saturated rings. The number of aliphatic hydroxyl groups excluding tert-OH is 1. The Hall–Kier alpha value is -0.770. The summed E-state index contributed by atoms with van der Waals surface area (Å²) in [5.74, 6) is 0.484. The van der Waals surface area contributed by atoms with Gasteiger partial charge in [0.25, 0.3) is 0 Å². The number of halogens is 1. The molecular weight excluding hydrogens is 216 g/mol. The number of benzene rings is 1. The molecular formula is C11H15ClO3. The second kappa shape index (κ2) is 4.39. The Balaban J connectivity index is 3.06. The summed E-state index contributed by atoms with van der Waals surface area (Å²) in [4.78, 5) is 0. The van der Waals surface area contributed by atoms with E-state index in [1.54, 1.807) is 32.0 Å². The molecule has 0 saturated carbocycles. The molecule has 3 nitrogen and oxygen atoms in total. The topological polar surface area (TPSA) is 49.7 Å². The molecule has 0 aromatic heterocycles. The zero-order chi connectivity index (χ0) is 11.6. The highest BCUT2D eigenvalue weighted by Gasteiger charge is 2.26. The van der Waals surface area contributed by atoms with Gasteiger partial charge in [0.2, 0.25) is 0 Å². The Morgan fingerprint density at radius 3 is 2.47 bits per heavy atom. The normalized spacial score (nSPS) is 13.7. The number of aliphatic hydroxyl groups is 2. The van der Waals surface area contributed by atoms with E-state index in [2.05, 4.69) is 0 Å². The quantitative estimate of drug-likeness (QED) is 0.837. The Bertz CT molecular complexity index is 344. The lowest BCUT2D eigenvalue weighted by Crippen LogP contribution is -2.28. The minimum atomic E-state index is -1.20. The molecule has 0 saturated heterocycles. The number of hydrogen-bond acceptors (Lipinski definition) is 3. The van der Waals surface area contributed by atoms with Crippen LogP contribution in [0.4, 0.5) is 0 Å². The Kier molecular flexibility index (Phi) is 3.60. The first-order valence-corrected chi connectivity index (χ1v) is 4.98. The monoisotopic (exact) mass is 230 g/mol. The molecule has 1 unspecified atom stereocenters. The van der Waals surface area contributed by atoms with Crippen LogP contribution in [0.5, 0.6) is 5.75 Å². The van der Waals surface area contributed by atoms with Crippen molar-refractivity contribution in [3.05, 3.63) is 28.8 Å². The van der Waals surface area contributed by atoms with E-state index < -0.39 is 11.7 Å². The van der Waals surface area contributed by atoms with Gasteiger partial charge < -0.3 is 14.9 Å². The van der Waals surface area contributed by atoms with Crippen molar-refractivity contribution in [1.29, 1.82) is 0 Å². The molecule has 0 heterocycles. The molecule has 84 valence electrons. The fourth-order valence-corrected chi connectivity index (χ4v) is 1.45. The van der Waals surface area contributed by atoms with Gasteiger partial charge in [-0.05, 0) is 31.5 Å². The lowest BCUT2D eigenvalue weighted by atomic mass is 9.95. The first kappa shape index (κ1) is 12.3. The Morgan fingerprint density at radius 2 is 2.00 bits per heavy atom. The van der Waals surface area contributed by atoms with Gasteiger partial charge in [0.15, 0.2) is 0 Å². The molecule has 0 aliphatic carbocycles. The van der Waals surface area contributed by atoms with Crippen molar-refractivity contribution in [3.63, 3.8) is 0 Å². The van der Waals surface area contributed by atoms with E-state index >= 15 is 0 Å². The number of ether oxygens (including phenoxy) is 1. The molecule has 0 spiro atoms.